The first kappa shape index (κ1) is 9.59. The van der Waals surface area contributed by atoms with Crippen LogP contribution < -0.4 is 5.32 Å². The van der Waals surface area contributed by atoms with E-state index in [1.807, 2.05) is 24.3 Å². The number of imidazole rings is 1. The molecule has 2 unspecified atom stereocenters. The zero-order chi connectivity index (χ0) is 11.0. The summed E-state index contributed by atoms with van der Waals surface area (Å²) in [6, 6.07) is 7.39. The summed E-state index contributed by atoms with van der Waals surface area (Å²) in [6.07, 6.45) is -0.965. The first-order chi connectivity index (χ1) is 7.83. The van der Waals surface area contributed by atoms with Crippen LogP contribution >= 0.6 is 0 Å². The van der Waals surface area contributed by atoms with Crippen LogP contribution in [-0.2, 0) is 4.74 Å². The summed E-state index contributed by atoms with van der Waals surface area (Å²) in [4.78, 5) is 7.42. The minimum atomic E-state index is -0.965. The van der Waals surface area contributed by atoms with Crippen LogP contribution in [0.4, 0.5) is 10.3 Å². The number of para-hydroxylation sites is 2. The minimum absolute atomic E-state index is 0.165. The lowest BCUT2D eigenvalue weighted by Gasteiger charge is -2.11. The Morgan fingerprint density at radius 1 is 1.38 bits per heavy atom. The van der Waals surface area contributed by atoms with Crippen LogP contribution in [0.3, 0.4) is 0 Å². The van der Waals surface area contributed by atoms with E-state index in [-0.39, 0.29) is 12.6 Å². The number of aromatic amines is 1. The average molecular weight is 221 g/mol. The number of rotatable bonds is 2. The van der Waals surface area contributed by atoms with Crippen molar-refractivity contribution < 1.29 is 9.13 Å². The molecule has 1 fully saturated rings. The van der Waals surface area contributed by atoms with Crippen LogP contribution in [0.15, 0.2) is 24.3 Å². The molecule has 5 heteroatoms. The molecule has 16 heavy (non-hydrogen) atoms. The van der Waals surface area contributed by atoms with Crippen LogP contribution in [0.5, 0.6) is 0 Å². The monoisotopic (exact) mass is 221 g/mol. The van der Waals surface area contributed by atoms with E-state index in [2.05, 4.69) is 15.3 Å². The average Bonchev–Trinajstić information content (AvgIpc) is 2.85. The van der Waals surface area contributed by atoms with Gasteiger partial charge in [0.05, 0.1) is 30.3 Å². The predicted octanol–water partition coefficient (Wildman–Crippen LogP) is 1.71. The van der Waals surface area contributed by atoms with Gasteiger partial charge in [0, 0.05) is 0 Å². The number of nitrogens with one attached hydrogen (secondary N) is 2. The molecule has 1 aliphatic heterocycles. The molecule has 2 aromatic rings. The summed E-state index contributed by atoms with van der Waals surface area (Å²) in [6.45, 7) is 0.552. The number of alkyl halides is 1. The van der Waals surface area contributed by atoms with Gasteiger partial charge >= 0.3 is 0 Å². The second-order valence-electron chi connectivity index (χ2n) is 3.91. The van der Waals surface area contributed by atoms with Crippen molar-refractivity contribution in [2.45, 2.75) is 12.2 Å². The Hall–Kier alpha value is -1.62. The highest BCUT2D eigenvalue weighted by Gasteiger charge is 2.28. The van der Waals surface area contributed by atoms with E-state index in [1.54, 1.807) is 0 Å². The fourth-order valence-corrected chi connectivity index (χ4v) is 1.86. The fourth-order valence-electron chi connectivity index (χ4n) is 1.86. The van der Waals surface area contributed by atoms with E-state index in [0.29, 0.717) is 12.6 Å². The molecule has 1 saturated heterocycles. The summed E-state index contributed by atoms with van der Waals surface area (Å²) >= 11 is 0. The van der Waals surface area contributed by atoms with Crippen molar-refractivity contribution in [3.8, 4) is 0 Å². The number of ether oxygens (including phenoxy) is 1. The van der Waals surface area contributed by atoms with E-state index >= 15 is 0 Å². The van der Waals surface area contributed by atoms with Crippen molar-refractivity contribution in [2.24, 2.45) is 0 Å². The molecule has 0 saturated carbocycles. The Labute approximate surface area is 91.8 Å². The van der Waals surface area contributed by atoms with Gasteiger partial charge in [-0.05, 0) is 12.1 Å². The molecule has 1 aliphatic rings. The number of benzene rings is 1. The highest BCUT2D eigenvalue weighted by Crippen LogP contribution is 2.17. The summed E-state index contributed by atoms with van der Waals surface area (Å²) in [5.41, 5.74) is 1.82. The molecule has 1 aromatic carbocycles. The maximum Gasteiger partial charge on any atom is 0.201 e. The molecular weight excluding hydrogens is 209 g/mol. The zero-order valence-electron chi connectivity index (χ0n) is 8.61. The van der Waals surface area contributed by atoms with Gasteiger partial charge in [-0.3, -0.25) is 0 Å². The van der Waals surface area contributed by atoms with E-state index in [0.717, 1.165) is 11.0 Å². The molecule has 0 radical (unpaired) electrons. The number of nitrogens with zero attached hydrogens (tertiary/aromatic N) is 1. The number of hydrogen-bond donors (Lipinski definition) is 2. The van der Waals surface area contributed by atoms with Gasteiger partial charge in [-0.15, -0.1) is 0 Å². The lowest BCUT2D eigenvalue weighted by molar-refractivity contribution is 0.173. The van der Waals surface area contributed by atoms with Crippen molar-refractivity contribution in [1.29, 1.82) is 0 Å². The SMILES string of the molecule is FC1COCC1Nc1nc2ccccc2[nH]1. The second kappa shape index (κ2) is 3.75. The molecular formula is C11H12FN3O. The Bertz CT molecular complexity index is 466. The van der Waals surface area contributed by atoms with E-state index in [4.69, 9.17) is 4.74 Å². The Kier molecular flexibility index (Phi) is 2.25. The standard InChI is InChI=1S/C11H12FN3O/c12-7-5-16-6-10(7)15-11-13-8-3-1-2-4-9(8)14-11/h1-4,7,10H,5-6H2,(H2,13,14,15). The molecule has 4 nitrogen and oxygen atoms in total. The summed E-state index contributed by atoms with van der Waals surface area (Å²) in [5.74, 6) is 0.597. The molecule has 0 amide bonds. The number of H-pyrrole nitrogens is 1. The van der Waals surface area contributed by atoms with Crippen molar-refractivity contribution >= 4 is 17.0 Å². The van der Waals surface area contributed by atoms with Crippen molar-refractivity contribution in [3.05, 3.63) is 24.3 Å². The summed E-state index contributed by atoms with van der Waals surface area (Å²) in [5, 5.41) is 3.01. The third-order valence-corrected chi connectivity index (χ3v) is 2.72. The van der Waals surface area contributed by atoms with E-state index < -0.39 is 6.17 Å². The smallest absolute Gasteiger partial charge is 0.201 e. The molecule has 0 spiro atoms. The molecule has 2 atom stereocenters. The normalized spacial score (nSPS) is 25.1. The maximum atomic E-state index is 13.3. The Morgan fingerprint density at radius 3 is 3.00 bits per heavy atom. The number of fused-ring (bicyclic) bond motifs is 1. The van der Waals surface area contributed by atoms with Crippen molar-refractivity contribution in [2.75, 3.05) is 18.5 Å². The zero-order valence-corrected chi connectivity index (χ0v) is 8.61. The van der Waals surface area contributed by atoms with Crippen LogP contribution in [0.2, 0.25) is 0 Å². The lowest BCUT2D eigenvalue weighted by atomic mass is 10.2. The van der Waals surface area contributed by atoms with Crippen molar-refractivity contribution in [3.63, 3.8) is 0 Å². The predicted molar refractivity (Wildman–Crippen MR) is 59.2 cm³/mol. The molecule has 1 aromatic heterocycles. The highest BCUT2D eigenvalue weighted by molar-refractivity contribution is 5.77. The molecule has 2 N–H and O–H groups in total. The van der Waals surface area contributed by atoms with Gasteiger partial charge < -0.3 is 15.0 Å². The van der Waals surface area contributed by atoms with E-state index in [1.165, 1.54) is 0 Å². The number of halogens is 1. The maximum absolute atomic E-state index is 13.3. The van der Waals surface area contributed by atoms with Gasteiger partial charge in [0.2, 0.25) is 5.95 Å². The van der Waals surface area contributed by atoms with E-state index in [9.17, 15) is 4.39 Å². The second-order valence-corrected chi connectivity index (χ2v) is 3.91. The van der Waals surface area contributed by atoms with Gasteiger partial charge in [0.1, 0.15) is 6.17 Å². The largest absolute Gasteiger partial charge is 0.376 e. The fraction of sp³-hybridized carbons (Fsp3) is 0.364. The Balaban J connectivity index is 1.83. The molecule has 3 rings (SSSR count). The van der Waals surface area contributed by atoms with Gasteiger partial charge in [-0.25, -0.2) is 9.37 Å². The van der Waals surface area contributed by atoms with Gasteiger partial charge in [-0.2, -0.15) is 0 Å². The van der Waals surface area contributed by atoms with Crippen LogP contribution in [-0.4, -0.2) is 35.4 Å². The molecule has 0 bridgehead atoms. The minimum Gasteiger partial charge on any atom is -0.376 e. The van der Waals surface area contributed by atoms with Crippen molar-refractivity contribution in [1.82, 2.24) is 9.97 Å². The third-order valence-electron chi connectivity index (χ3n) is 2.72. The van der Waals surface area contributed by atoms with Crippen LogP contribution in [0.1, 0.15) is 0 Å². The first-order valence-corrected chi connectivity index (χ1v) is 5.26. The van der Waals surface area contributed by atoms with Crippen LogP contribution in [0.25, 0.3) is 11.0 Å². The summed E-state index contributed by atoms with van der Waals surface area (Å²) in [7, 11) is 0. The molecule has 0 aliphatic carbocycles. The highest BCUT2D eigenvalue weighted by atomic mass is 19.1. The van der Waals surface area contributed by atoms with Gasteiger partial charge in [0.15, 0.2) is 0 Å². The molecule has 84 valence electrons. The lowest BCUT2D eigenvalue weighted by Crippen LogP contribution is -2.29. The Morgan fingerprint density at radius 2 is 2.25 bits per heavy atom. The van der Waals surface area contributed by atoms with Gasteiger partial charge in [0.25, 0.3) is 0 Å². The molecule has 2 heterocycles. The topological polar surface area (TPSA) is 49.9 Å². The quantitative estimate of drug-likeness (QED) is 0.811. The first-order valence-electron chi connectivity index (χ1n) is 5.26. The van der Waals surface area contributed by atoms with Crippen LogP contribution in [0, 0.1) is 0 Å². The number of hydrogen-bond acceptors (Lipinski definition) is 3. The van der Waals surface area contributed by atoms with Gasteiger partial charge in [-0.1, -0.05) is 12.1 Å². The number of anilines is 1. The number of aromatic nitrogens is 2. The third kappa shape index (κ3) is 1.63. The summed E-state index contributed by atoms with van der Waals surface area (Å²) < 4.78 is 18.3.